The molecule has 24 heavy (non-hydrogen) atoms. The molecule has 0 aliphatic heterocycles. The number of amides is 1. The van der Waals surface area contributed by atoms with E-state index < -0.39 is 5.91 Å². The Balaban J connectivity index is 1.86. The van der Waals surface area contributed by atoms with Crippen molar-refractivity contribution in [2.45, 2.75) is 0 Å². The number of ether oxygens (including phenoxy) is 2. The second-order valence-corrected chi connectivity index (χ2v) is 5.88. The molecule has 0 radical (unpaired) electrons. The number of anilines is 1. The van der Waals surface area contributed by atoms with Crippen LogP contribution in [0, 0.1) is 0 Å². The fourth-order valence-electron chi connectivity index (χ4n) is 1.83. The molecule has 0 saturated carbocycles. The van der Waals surface area contributed by atoms with E-state index in [1.54, 1.807) is 42.5 Å². The minimum absolute atomic E-state index is 0.113. The lowest BCUT2D eigenvalue weighted by Crippen LogP contribution is -2.37. The summed E-state index contributed by atoms with van der Waals surface area (Å²) in [5.74, 6) is 0.599. The molecule has 0 aliphatic rings. The van der Waals surface area contributed by atoms with Crippen molar-refractivity contribution in [3.05, 3.63) is 52.5 Å². The van der Waals surface area contributed by atoms with Crippen LogP contribution in [0.3, 0.4) is 0 Å². The van der Waals surface area contributed by atoms with E-state index >= 15 is 0 Å². The minimum atomic E-state index is -0.411. The van der Waals surface area contributed by atoms with Gasteiger partial charge in [0.05, 0.1) is 7.11 Å². The number of carbonyl (C=O) groups is 1. The van der Waals surface area contributed by atoms with Gasteiger partial charge in [0.15, 0.2) is 23.2 Å². The summed E-state index contributed by atoms with van der Waals surface area (Å²) < 4.78 is 10.6. The molecule has 0 fully saturated rings. The van der Waals surface area contributed by atoms with Crippen molar-refractivity contribution >= 4 is 52.1 Å². The van der Waals surface area contributed by atoms with Gasteiger partial charge < -0.3 is 14.8 Å². The normalized spacial score (nSPS) is 9.96. The number of methoxy groups -OCH3 is 1. The van der Waals surface area contributed by atoms with Gasteiger partial charge in [0.1, 0.15) is 0 Å². The second kappa shape index (κ2) is 8.73. The molecule has 1 amide bonds. The molecule has 2 rings (SSSR count). The largest absolute Gasteiger partial charge is 0.493 e. The molecular weight excluding hydrogens is 371 g/mol. The summed E-state index contributed by atoms with van der Waals surface area (Å²) in [6, 6.07) is 11.9. The first-order chi connectivity index (χ1) is 11.5. The van der Waals surface area contributed by atoms with E-state index in [0.717, 1.165) is 0 Å². The van der Waals surface area contributed by atoms with Crippen LogP contribution in [0.5, 0.6) is 11.5 Å². The van der Waals surface area contributed by atoms with Crippen molar-refractivity contribution in [2.24, 2.45) is 0 Å². The van der Waals surface area contributed by atoms with Crippen molar-refractivity contribution in [2.75, 3.05) is 19.0 Å². The third kappa shape index (κ3) is 5.56. The van der Waals surface area contributed by atoms with Crippen molar-refractivity contribution < 1.29 is 14.3 Å². The van der Waals surface area contributed by atoms with Gasteiger partial charge in [0, 0.05) is 15.7 Å². The fourth-order valence-corrected chi connectivity index (χ4v) is 2.59. The summed E-state index contributed by atoms with van der Waals surface area (Å²) in [4.78, 5) is 11.9. The van der Waals surface area contributed by atoms with Crippen molar-refractivity contribution in [3.63, 3.8) is 0 Å². The van der Waals surface area contributed by atoms with Crippen molar-refractivity contribution in [1.29, 1.82) is 0 Å². The van der Waals surface area contributed by atoms with Crippen LogP contribution in [0.2, 0.25) is 10.0 Å². The van der Waals surface area contributed by atoms with Crippen LogP contribution in [0.4, 0.5) is 5.69 Å². The Morgan fingerprint density at radius 1 is 1.12 bits per heavy atom. The summed E-state index contributed by atoms with van der Waals surface area (Å²) in [5, 5.41) is 6.36. The van der Waals surface area contributed by atoms with Gasteiger partial charge in [0.25, 0.3) is 5.91 Å². The number of rotatable bonds is 5. The number of para-hydroxylation sites is 2. The molecular formula is C16H14Cl2N2O3S. The summed E-state index contributed by atoms with van der Waals surface area (Å²) in [7, 11) is 1.53. The van der Waals surface area contributed by atoms with Gasteiger partial charge in [-0.15, -0.1) is 0 Å². The van der Waals surface area contributed by atoms with Crippen LogP contribution in [0.25, 0.3) is 0 Å². The molecule has 0 heterocycles. The van der Waals surface area contributed by atoms with Gasteiger partial charge in [-0.3, -0.25) is 10.1 Å². The zero-order valence-corrected chi connectivity index (χ0v) is 15.0. The van der Waals surface area contributed by atoms with E-state index in [1.807, 2.05) is 0 Å². The highest BCUT2D eigenvalue weighted by Crippen LogP contribution is 2.25. The predicted molar refractivity (Wildman–Crippen MR) is 99.3 cm³/mol. The van der Waals surface area contributed by atoms with Crippen LogP contribution in [0.1, 0.15) is 0 Å². The number of thiocarbonyl (C=S) groups is 1. The third-order valence-electron chi connectivity index (χ3n) is 2.80. The molecule has 0 bridgehead atoms. The molecule has 8 heteroatoms. The number of hydrogen-bond donors (Lipinski definition) is 2. The molecule has 126 valence electrons. The van der Waals surface area contributed by atoms with Gasteiger partial charge in [0.2, 0.25) is 0 Å². The van der Waals surface area contributed by atoms with Gasteiger partial charge in [-0.2, -0.15) is 0 Å². The molecule has 2 N–H and O–H groups in total. The SMILES string of the molecule is COc1ccccc1OCC(=O)NC(=S)Nc1cc(Cl)cc(Cl)c1. The number of halogens is 2. The Labute approximate surface area is 154 Å². The van der Waals surface area contributed by atoms with Crippen LogP contribution in [-0.2, 0) is 4.79 Å². The quantitative estimate of drug-likeness (QED) is 0.765. The number of nitrogens with one attached hydrogen (secondary N) is 2. The molecule has 2 aromatic carbocycles. The Morgan fingerprint density at radius 3 is 2.38 bits per heavy atom. The van der Waals surface area contributed by atoms with Crippen LogP contribution >= 0.6 is 35.4 Å². The highest BCUT2D eigenvalue weighted by molar-refractivity contribution is 7.80. The Bertz CT molecular complexity index is 736. The maximum absolute atomic E-state index is 11.9. The molecule has 0 saturated heterocycles. The van der Waals surface area contributed by atoms with E-state index in [9.17, 15) is 4.79 Å². The zero-order valence-electron chi connectivity index (χ0n) is 12.6. The van der Waals surface area contributed by atoms with Crippen LogP contribution < -0.4 is 20.1 Å². The summed E-state index contributed by atoms with van der Waals surface area (Å²) in [5.41, 5.74) is 0.573. The highest BCUT2D eigenvalue weighted by atomic mass is 35.5. The molecule has 2 aromatic rings. The van der Waals surface area contributed by atoms with Crippen LogP contribution in [0.15, 0.2) is 42.5 Å². The smallest absolute Gasteiger partial charge is 0.264 e. The first-order valence-electron chi connectivity index (χ1n) is 6.80. The van der Waals surface area contributed by atoms with Gasteiger partial charge >= 0.3 is 0 Å². The van der Waals surface area contributed by atoms with E-state index in [2.05, 4.69) is 10.6 Å². The summed E-state index contributed by atoms with van der Waals surface area (Å²) in [6.45, 7) is -0.210. The monoisotopic (exact) mass is 384 g/mol. The number of hydrogen-bond acceptors (Lipinski definition) is 4. The average molecular weight is 385 g/mol. The van der Waals surface area contributed by atoms with Crippen LogP contribution in [-0.4, -0.2) is 24.7 Å². The molecule has 0 aliphatic carbocycles. The van der Waals surface area contributed by atoms with Crippen molar-refractivity contribution in [3.8, 4) is 11.5 Å². The first kappa shape index (κ1) is 18.3. The molecule has 0 unspecified atom stereocenters. The average Bonchev–Trinajstić information content (AvgIpc) is 2.52. The predicted octanol–water partition coefficient (Wildman–Crippen LogP) is 3.89. The maximum Gasteiger partial charge on any atom is 0.264 e. The van der Waals surface area contributed by atoms with Gasteiger partial charge in [-0.1, -0.05) is 35.3 Å². The first-order valence-corrected chi connectivity index (χ1v) is 7.97. The second-order valence-electron chi connectivity index (χ2n) is 4.60. The van der Waals surface area contributed by atoms with Gasteiger partial charge in [-0.25, -0.2) is 0 Å². The lowest BCUT2D eigenvalue weighted by molar-refractivity contribution is -0.121. The maximum atomic E-state index is 11.9. The van der Waals surface area contributed by atoms with Crippen molar-refractivity contribution in [1.82, 2.24) is 5.32 Å². The summed E-state index contributed by atoms with van der Waals surface area (Å²) in [6.07, 6.45) is 0. The zero-order chi connectivity index (χ0) is 17.5. The van der Waals surface area contributed by atoms with E-state index in [4.69, 9.17) is 44.9 Å². The Hall–Kier alpha value is -2.02. The molecule has 5 nitrogen and oxygen atoms in total. The van der Waals surface area contributed by atoms with Gasteiger partial charge in [-0.05, 0) is 42.5 Å². The van der Waals surface area contributed by atoms with E-state index in [-0.39, 0.29) is 11.7 Å². The fraction of sp³-hybridized carbons (Fsp3) is 0.125. The summed E-state index contributed by atoms with van der Waals surface area (Å²) >= 11 is 16.9. The topological polar surface area (TPSA) is 59.6 Å². The standard InChI is InChI=1S/C16H14Cl2N2O3S/c1-22-13-4-2-3-5-14(13)23-9-15(21)20-16(24)19-12-7-10(17)6-11(18)8-12/h2-8H,9H2,1H3,(H2,19,20,21,24). The lowest BCUT2D eigenvalue weighted by Gasteiger charge is -2.12. The van der Waals surface area contributed by atoms with E-state index in [1.165, 1.54) is 7.11 Å². The third-order valence-corrected chi connectivity index (χ3v) is 3.44. The van der Waals surface area contributed by atoms with E-state index in [0.29, 0.717) is 27.2 Å². The number of carbonyl (C=O) groups excluding carboxylic acids is 1. The molecule has 0 spiro atoms. The molecule has 0 aromatic heterocycles. The minimum Gasteiger partial charge on any atom is -0.493 e. The highest BCUT2D eigenvalue weighted by Gasteiger charge is 2.09. The Morgan fingerprint density at radius 2 is 1.75 bits per heavy atom. The lowest BCUT2D eigenvalue weighted by atomic mass is 10.3. The molecule has 0 atom stereocenters. The Kier molecular flexibility index (Phi) is 6.66. The number of benzene rings is 2.